The van der Waals surface area contributed by atoms with Crippen LogP contribution in [0.15, 0.2) is 15.8 Å². The summed E-state index contributed by atoms with van der Waals surface area (Å²) in [6.07, 6.45) is 0.837. The molecule has 0 bridgehead atoms. The van der Waals surface area contributed by atoms with E-state index in [1.165, 1.54) is 0 Å². The highest BCUT2D eigenvalue weighted by molar-refractivity contribution is 5.21. The molecule has 0 radical (unpaired) electrons. The minimum absolute atomic E-state index is 0.199. The first-order valence-corrected chi connectivity index (χ1v) is 6.79. The Kier molecular flexibility index (Phi) is 6.25. The molecule has 9 nitrogen and oxygen atoms in total. The third-order valence-electron chi connectivity index (χ3n) is 2.96. The number of aryl methyl sites for hydroxylation is 1. The van der Waals surface area contributed by atoms with Gasteiger partial charge >= 0.3 is 16.9 Å². The Bertz CT molecular complexity index is 607. The molecule has 0 saturated heterocycles. The molecule has 118 valence electrons. The lowest BCUT2D eigenvalue weighted by molar-refractivity contribution is -0.387. The second kappa shape index (κ2) is 7.70. The standard InChI is InChI=1S/C12H20N4O5/c1-3-5-13-6-9(17)7-15-11(18)10(16(20)21)8-14(4-2)12(15)19/h8-9,13,17H,3-7H2,1-2H3. The second-order valence-corrected chi connectivity index (χ2v) is 4.61. The van der Waals surface area contributed by atoms with Gasteiger partial charge in [-0.1, -0.05) is 6.92 Å². The number of nitro groups is 1. The van der Waals surface area contributed by atoms with Crippen LogP contribution in [0, 0.1) is 10.1 Å². The van der Waals surface area contributed by atoms with Crippen molar-refractivity contribution in [2.24, 2.45) is 0 Å². The maximum atomic E-state index is 12.0. The molecule has 1 aromatic rings. The van der Waals surface area contributed by atoms with Crippen molar-refractivity contribution in [2.45, 2.75) is 39.5 Å². The third-order valence-corrected chi connectivity index (χ3v) is 2.96. The molecular formula is C12H20N4O5. The highest BCUT2D eigenvalue weighted by atomic mass is 16.6. The van der Waals surface area contributed by atoms with Crippen LogP contribution >= 0.6 is 0 Å². The molecule has 1 rings (SSSR count). The van der Waals surface area contributed by atoms with Crippen molar-refractivity contribution < 1.29 is 10.0 Å². The van der Waals surface area contributed by atoms with Gasteiger partial charge in [0.05, 0.1) is 23.8 Å². The molecule has 21 heavy (non-hydrogen) atoms. The predicted octanol–water partition coefficient (Wildman–Crippen LogP) is -0.701. The summed E-state index contributed by atoms with van der Waals surface area (Å²) in [7, 11) is 0. The van der Waals surface area contributed by atoms with E-state index in [-0.39, 0.29) is 19.6 Å². The Balaban J connectivity index is 3.10. The Morgan fingerprint density at radius 1 is 1.43 bits per heavy atom. The lowest BCUT2D eigenvalue weighted by Crippen LogP contribution is -2.44. The number of hydrogen-bond donors (Lipinski definition) is 2. The Morgan fingerprint density at radius 2 is 2.10 bits per heavy atom. The number of nitrogens with one attached hydrogen (secondary N) is 1. The van der Waals surface area contributed by atoms with Crippen LogP contribution in [0.1, 0.15) is 20.3 Å². The van der Waals surface area contributed by atoms with E-state index >= 15 is 0 Å². The average molecular weight is 300 g/mol. The zero-order chi connectivity index (χ0) is 16.0. The van der Waals surface area contributed by atoms with Crippen molar-refractivity contribution in [3.63, 3.8) is 0 Å². The van der Waals surface area contributed by atoms with Gasteiger partial charge in [-0.05, 0) is 19.9 Å². The van der Waals surface area contributed by atoms with Crippen LogP contribution in [0.5, 0.6) is 0 Å². The topological polar surface area (TPSA) is 119 Å². The number of aliphatic hydroxyl groups excluding tert-OH is 1. The van der Waals surface area contributed by atoms with E-state index in [2.05, 4.69) is 5.32 Å². The highest BCUT2D eigenvalue weighted by Crippen LogP contribution is 2.00. The van der Waals surface area contributed by atoms with Gasteiger partial charge < -0.3 is 10.4 Å². The van der Waals surface area contributed by atoms with Gasteiger partial charge in [-0.3, -0.25) is 24.0 Å². The Labute approximate surface area is 121 Å². The van der Waals surface area contributed by atoms with E-state index in [1.807, 2.05) is 6.92 Å². The minimum atomic E-state index is -0.996. The van der Waals surface area contributed by atoms with Crippen LogP contribution < -0.4 is 16.6 Å². The maximum absolute atomic E-state index is 12.0. The van der Waals surface area contributed by atoms with Crippen LogP contribution in [0.25, 0.3) is 0 Å². The molecule has 1 atom stereocenters. The van der Waals surface area contributed by atoms with Crippen LogP contribution in [0.3, 0.4) is 0 Å². The van der Waals surface area contributed by atoms with Gasteiger partial charge in [-0.15, -0.1) is 0 Å². The van der Waals surface area contributed by atoms with E-state index in [0.29, 0.717) is 11.1 Å². The average Bonchev–Trinajstić information content (AvgIpc) is 2.43. The Morgan fingerprint density at radius 3 is 2.62 bits per heavy atom. The first kappa shape index (κ1) is 17.1. The number of rotatable bonds is 8. The summed E-state index contributed by atoms with van der Waals surface area (Å²) in [5.74, 6) is 0. The fourth-order valence-corrected chi connectivity index (χ4v) is 1.87. The summed E-state index contributed by atoms with van der Waals surface area (Å²) in [5.41, 5.74) is -2.34. The smallest absolute Gasteiger partial charge is 0.350 e. The molecule has 0 aromatic carbocycles. The molecule has 0 spiro atoms. The van der Waals surface area contributed by atoms with Crippen molar-refractivity contribution >= 4 is 5.69 Å². The molecule has 1 unspecified atom stereocenters. The lowest BCUT2D eigenvalue weighted by atomic mass is 10.3. The van der Waals surface area contributed by atoms with Crippen molar-refractivity contribution in [3.8, 4) is 0 Å². The Hall–Kier alpha value is -2.00. The third kappa shape index (κ3) is 4.23. The summed E-state index contributed by atoms with van der Waals surface area (Å²) < 4.78 is 1.78. The van der Waals surface area contributed by atoms with E-state index in [9.17, 15) is 24.8 Å². The summed E-state index contributed by atoms with van der Waals surface area (Å²) in [6, 6.07) is 0. The normalized spacial score (nSPS) is 12.3. The van der Waals surface area contributed by atoms with Gasteiger partial charge in [-0.2, -0.15) is 0 Å². The zero-order valence-corrected chi connectivity index (χ0v) is 12.1. The summed E-state index contributed by atoms with van der Waals surface area (Å²) in [6.45, 7) is 4.42. The summed E-state index contributed by atoms with van der Waals surface area (Å²) >= 11 is 0. The first-order chi connectivity index (χ1) is 9.92. The largest absolute Gasteiger partial charge is 0.390 e. The number of nitrogens with zero attached hydrogens (tertiary/aromatic N) is 3. The summed E-state index contributed by atoms with van der Waals surface area (Å²) in [4.78, 5) is 34.0. The van der Waals surface area contributed by atoms with E-state index < -0.39 is 28.0 Å². The number of aromatic nitrogens is 2. The zero-order valence-electron chi connectivity index (χ0n) is 12.1. The molecule has 0 amide bonds. The van der Waals surface area contributed by atoms with Crippen molar-refractivity contribution in [1.82, 2.24) is 14.5 Å². The fraction of sp³-hybridized carbons (Fsp3) is 0.667. The van der Waals surface area contributed by atoms with Crippen LogP contribution in [-0.4, -0.2) is 38.4 Å². The molecule has 1 heterocycles. The van der Waals surface area contributed by atoms with Crippen LogP contribution in [0.4, 0.5) is 5.69 Å². The number of hydrogen-bond acceptors (Lipinski definition) is 6. The molecule has 0 aliphatic rings. The van der Waals surface area contributed by atoms with E-state index in [1.54, 1.807) is 6.92 Å². The van der Waals surface area contributed by atoms with Crippen molar-refractivity contribution in [1.29, 1.82) is 0 Å². The molecular weight excluding hydrogens is 280 g/mol. The SMILES string of the molecule is CCCNCC(O)Cn1c(=O)c([N+](=O)[O-])cn(CC)c1=O. The molecule has 1 aromatic heterocycles. The molecule has 9 heteroatoms. The lowest BCUT2D eigenvalue weighted by Gasteiger charge is -2.13. The number of aliphatic hydroxyl groups is 1. The first-order valence-electron chi connectivity index (χ1n) is 6.79. The van der Waals surface area contributed by atoms with E-state index in [0.717, 1.165) is 17.2 Å². The van der Waals surface area contributed by atoms with Gasteiger partial charge in [0.2, 0.25) is 0 Å². The molecule has 2 N–H and O–H groups in total. The van der Waals surface area contributed by atoms with Crippen LogP contribution in [-0.2, 0) is 13.1 Å². The van der Waals surface area contributed by atoms with Crippen molar-refractivity contribution in [2.75, 3.05) is 13.1 Å². The summed E-state index contributed by atoms with van der Waals surface area (Å²) in [5, 5.41) is 23.6. The quantitative estimate of drug-likeness (QED) is 0.372. The van der Waals surface area contributed by atoms with Gasteiger partial charge in [0, 0.05) is 13.1 Å². The predicted molar refractivity (Wildman–Crippen MR) is 76.5 cm³/mol. The van der Waals surface area contributed by atoms with Crippen molar-refractivity contribution in [3.05, 3.63) is 37.1 Å². The highest BCUT2D eigenvalue weighted by Gasteiger charge is 2.20. The molecule has 0 aliphatic carbocycles. The molecule has 0 aliphatic heterocycles. The fourth-order valence-electron chi connectivity index (χ4n) is 1.87. The monoisotopic (exact) mass is 300 g/mol. The second-order valence-electron chi connectivity index (χ2n) is 4.61. The van der Waals surface area contributed by atoms with Gasteiger partial charge in [-0.25, -0.2) is 4.79 Å². The molecule has 0 saturated carbocycles. The van der Waals surface area contributed by atoms with Gasteiger partial charge in [0.25, 0.3) is 0 Å². The van der Waals surface area contributed by atoms with E-state index in [4.69, 9.17) is 0 Å². The minimum Gasteiger partial charge on any atom is -0.390 e. The molecule has 0 fully saturated rings. The van der Waals surface area contributed by atoms with Crippen LogP contribution in [0.2, 0.25) is 0 Å². The maximum Gasteiger partial charge on any atom is 0.350 e. The van der Waals surface area contributed by atoms with Gasteiger partial charge in [0.1, 0.15) is 0 Å². The van der Waals surface area contributed by atoms with Gasteiger partial charge in [0.15, 0.2) is 0 Å².